The third-order valence-corrected chi connectivity index (χ3v) is 2.10. The van der Waals surface area contributed by atoms with Gasteiger partial charge in [-0.15, -0.1) is 0 Å². The first-order chi connectivity index (χ1) is 7.94. The van der Waals surface area contributed by atoms with Crippen molar-refractivity contribution in [2.24, 2.45) is 0 Å². The largest absolute Gasteiger partial charge is 0.417 e. The maximum Gasteiger partial charge on any atom is 0.417 e. The Balaban J connectivity index is 3.60. The van der Waals surface area contributed by atoms with Gasteiger partial charge < -0.3 is 0 Å². The molecular formula is C10H8ClF3O. The summed E-state index contributed by atoms with van der Waals surface area (Å²) in [6.07, 6.45) is -4.74. The predicted molar refractivity (Wildman–Crippen MR) is 51.2 cm³/mol. The van der Waals surface area contributed by atoms with Crippen molar-refractivity contribution in [1.29, 1.82) is 0 Å². The van der Waals surface area contributed by atoms with Gasteiger partial charge in [0.05, 0.1) is 10.6 Å². The fraction of sp³-hybridized carbons (Fsp3) is 0.300. The van der Waals surface area contributed by atoms with E-state index in [0.29, 0.717) is 12.1 Å². The number of hydrogen-bond acceptors (Lipinski definition) is 1. The topological polar surface area (TPSA) is 17.1 Å². The van der Waals surface area contributed by atoms with E-state index in [1.807, 2.05) is 0 Å². The molecule has 0 aliphatic rings. The van der Waals surface area contributed by atoms with Crippen LogP contribution >= 0.6 is 11.6 Å². The SMILES string of the molecule is [2H]C([2H])([2H])c1cc(Cl)c(C(F)(F)F)cc1C(C)=O. The predicted octanol–water partition coefficient (Wildman–Crippen LogP) is 3.87. The Morgan fingerprint density at radius 2 is 2.07 bits per heavy atom. The monoisotopic (exact) mass is 239 g/mol. The molecule has 0 unspecified atom stereocenters. The van der Waals surface area contributed by atoms with Gasteiger partial charge >= 0.3 is 6.18 Å². The van der Waals surface area contributed by atoms with Gasteiger partial charge in [0, 0.05) is 9.68 Å². The van der Waals surface area contributed by atoms with E-state index in [-0.39, 0.29) is 0 Å². The third kappa shape index (κ3) is 2.50. The molecule has 15 heavy (non-hydrogen) atoms. The first kappa shape index (κ1) is 8.16. The molecule has 82 valence electrons. The molecule has 0 fully saturated rings. The van der Waals surface area contributed by atoms with Crippen LogP contribution in [0.15, 0.2) is 12.1 Å². The van der Waals surface area contributed by atoms with Gasteiger partial charge in [0.1, 0.15) is 0 Å². The maximum absolute atomic E-state index is 12.6. The van der Waals surface area contributed by atoms with Crippen molar-refractivity contribution in [1.82, 2.24) is 0 Å². The van der Waals surface area contributed by atoms with Crippen LogP contribution in [0.1, 0.15) is 32.5 Å². The average molecular weight is 240 g/mol. The molecule has 5 heteroatoms. The van der Waals surface area contributed by atoms with Crippen molar-refractivity contribution in [3.05, 3.63) is 33.8 Å². The zero-order chi connectivity index (χ0) is 14.3. The minimum Gasteiger partial charge on any atom is -0.295 e. The van der Waals surface area contributed by atoms with E-state index in [4.69, 9.17) is 15.7 Å². The molecule has 0 aliphatic carbocycles. The Labute approximate surface area is 94.1 Å². The number of hydrogen-bond donors (Lipinski definition) is 0. The zero-order valence-corrected chi connectivity index (χ0v) is 8.33. The number of halogens is 4. The van der Waals surface area contributed by atoms with E-state index in [9.17, 15) is 18.0 Å². The maximum atomic E-state index is 12.6. The minimum atomic E-state index is -4.74. The van der Waals surface area contributed by atoms with E-state index in [1.165, 1.54) is 0 Å². The number of aryl methyl sites for hydroxylation is 1. The average Bonchev–Trinajstić information content (AvgIpc) is 2.13. The van der Waals surface area contributed by atoms with Gasteiger partial charge in [0.15, 0.2) is 5.78 Å². The highest BCUT2D eigenvalue weighted by Crippen LogP contribution is 2.36. The van der Waals surface area contributed by atoms with E-state index in [1.54, 1.807) is 0 Å². The van der Waals surface area contributed by atoms with E-state index in [2.05, 4.69) is 0 Å². The van der Waals surface area contributed by atoms with E-state index < -0.39 is 40.5 Å². The van der Waals surface area contributed by atoms with Gasteiger partial charge in [-0.2, -0.15) is 13.2 Å². The van der Waals surface area contributed by atoms with Gasteiger partial charge in [0.25, 0.3) is 0 Å². The van der Waals surface area contributed by atoms with Crippen LogP contribution in [0.4, 0.5) is 13.2 Å². The van der Waals surface area contributed by atoms with Crippen LogP contribution in [0.2, 0.25) is 5.02 Å². The van der Waals surface area contributed by atoms with Gasteiger partial charge in [-0.1, -0.05) is 11.6 Å². The molecule has 0 radical (unpaired) electrons. The standard InChI is InChI=1S/C10H8ClF3O/c1-5-3-9(11)8(10(12,13)14)4-7(5)6(2)15/h3-4H,1-2H3/i1D3. The summed E-state index contributed by atoms with van der Waals surface area (Å²) in [7, 11) is 0. The highest BCUT2D eigenvalue weighted by Gasteiger charge is 2.34. The lowest BCUT2D eigenvalue weighted by Gasteiger charge is -2.11. The number of carbonyl (C=O) groups is 1. The summed E-state index contributed by atoms with van der Waals surface area (Å²) in [5, 5.41) is -0.737. The molecule has 1 rings (SSSR count). The first-order valence-electron chi connectivity index (χ1n) is 5.36. The lowest BCUT2D eigenvalue weighted by molar-refractivity contribution is -0.137. The normalized spacial score (nSPS) is 15.4. The lowest BCUT2D eigenvalue weighted by atomic mass is 10.0. The van der Waals surface area contributed by atoms with Crippen LogP contribution in [0, 0.1) is 6.85 Å². The van der Waals surface area contributed by atoms with Crippen molar-refractivity contribution in [3.63, 3.8) is 0 Å². The second-order valence-electron chi connectivity index (χ2n) is 2.93. The Morgan fingerprint density at radius 3 is 2.47 bits per heavy atom. The Bertz CT molecular complexity index is 494. The molecule has 0 aromatic heterocycles. The molecule has 1 aromatic carbocycles. The summed E-state index contributed by atoms with van der Waals surface area (Å²) in [6.45, 7) is -1.70. The molecule has 1 nitrogen and oxygen atoms in total. The Kier molecular flexibility index (Phi) is 2.09. The highest BCUT2D eigenvalue weighted by atomic mass is 35.5. The quantitative estimate of drug-likeness (QED) is 0.680. The van der Waals surface area contributed by atoms with Crippen LogP contribution in [0.5, 0.6) is 0 Å². The number of carbonyl (C=O) groups excluding carboxylic acids is 1. The molecule has 0 spiro atoms. The molecular weight excluding hydrogens is 229 g/mol. The number of alkyl halides is 3. The van der Waals surface area contributed by atoms with Crippen molar-refractivity contribution in [2.75, 3.05) is 0 Å². The molecule has 0 saturated heterocycles. The second kappa shape index (κ2) is 3.85. The number of benzene rings is 1. The lowest BCUT2D eigenvalue weighted by Crippen LogP contribution is -2.09. The molecule has 0 heterocycles. The summed E-state index contributed by atoms with van der Waals surface area (Å²) < 4.78 is 59.3. The van der Waals surface area contributed by atoms with Crippen molar-refractivity contribution < 1.29 is 22.1 Å². The number of ketones is 1. The number of Topliss-reactive ketones (excluding diaryl/α,β-unsaturated/α-hetero) is 1. The molecule has 0 N–H and O–H groups in total. The van der Waals surface area contributed by atoms with Crippen molar-refractivity contribution in [3.8, 4) is 0 Å². The molecule has 0 atom stereocenters. The molecule has 1 aromatic rings. The smallest absolute Gasteiger partial charge is 0.295 e. The van der Waals surface area contributed by atoms with Gasteiger partial charge in [-0.25, -0.2) is 0 Å². The molecule has 0 bridgehead atoms. The summed E-state index contributed by atoms with van der Waals surface area (Å²) in [5.74, 6) is -0.761. The van der Waals surface area contributed by atoms with Crippen LogP contribution in [0.3, 0.4) is 0 Å². The van der Waals surface area contributed by atoms with Crippen LogP contribution in [0.25, 0.3) is 0 Å². The Morgan fingerprint density at radius 1 is 1.47 bits per heavy atom. The summed E-state index contributed by atoms with van der Waals surface area (Å²) in [5.41, 5.74) is -2.19. The second-order valence-corrected chi connectivity index (χ2v) is 3.34. The van der Waals surface area contributed by atoms with Gasteiger partial charge in [-0.05, 0) is 31.5 Å². The number of rotatable bonds is 1. The summed E-state index contributed by atoms with van der Waals surface area (Å²) in [6, 6.07) is 1.15. The van der Waals surface area contributed by atoms with Crippen molar-refractivity contribution in [2.45, 2.75) is 20.0 Å². The van der Waals surface area contributed by atoms with Crippen LogP contribution < -0.4 is 0 Å². The third-order valence-electron chi connectivity index (χ3n) is 1.79. The zero-order valence-electron chi connectivity index (χ0n) is 10.6. The van der Waals surface area contributed by atoms with Crippen molar-refractivity contribution >= 4 is 17.4 Å². The molecule has 0 amide bonds. The van der Waals surface area contributed by atoms with E-state index in [0.717, 1.165) is 6.92 Å². The molecule has 0 saturated carbocycles. The first-order valence-corrected chi connectivity index (χ1v) is 4.24. The minimum absolute atomic E-state index is 0.479. The van der Waals surface area contributed by atoms with Crippen LogP contribution in [-0.2, 0) is 6.18 Å². The van der Waals surface area contributed by atoms with E-state index >= 15 is 0 Å². The van der Waals surface area contributed by atoms with Crippen LogP contribution in [-0.4, -0.2) is 5.78 Å². The fourth-order valence-corrected chi connectivity index (χ4v) is 1.35. The summed E-state index contributed by atoms with van der Waals surface area (Å²) in [4.78, 5) is 11.2. The molecule has 0 aliphatic heterocycles. The summed E-state index contributed by atoms with van der Waals surface area (Å²) >= 11 is 5.42. The highest BCUT2D eigenvalue weighted by molar-refractivity contribution is 6.31. The van der Waals surface area contributed by atoms with Gasteiger partial charge in [0.2, 0.25) is 0 Å². The Hall–Kier alpha value is -1.03. The fourth-order valence-electron chi connectivity index (χ4n) is 1.08. The van der Waals surface area contributed by atoms with Gasteiger partial charge in [-0.3, -0.25) is 4.79 Å².